The number of nitrogens with two attached hydrogens (primary N) is 1. The molecule has 0 aliphatic carbocycles. The number of nitrogens with one attached hydrogen (secondary N) is 1. The fourth-order valence-electron chi connectivity index (χ4n) is 0.947. The second-order valence-electron chi connectivity index (χ2n) is 2.66. The van der Waals surface area contributed by atoms with Crippen LogP contribution in [0, 0.1) is 5.82 Å². The zero-order valence-corrected chi connectivity index (χ0v) is 8.84. The van der Waals surface area contributed by atoms with Crippen molar-refractivity contribution in [3.05, 3.63) is 29.6 Å². The molecule has 0 radical (unpaired) electrons. The van der Waals surface area contributed by atoms with Gasteiger partial charge in [-0.3, -0.25) is 5.43 Å². The number of hydrogen-bond donors (Lipinski definition) is 2. The molecule has 1 rings (SSSR count). The molecule has 0 atom stereocenters. The molecule has 3 N–H and O–H groups in total. The first-order chi connectivity index (χ1) is 7.11. The highest BCUT2D eigenvalue weighted by molar-refractivity contribution is 7.80. The highest BCUT2D eigenvalue weighted by atomic mass is 32.1. The Kier molecular flexibility index (Phi) is 3.99. The van der Waals surface area contributed by atoms with E-state index in [0.717, 1.165) is 0 Å². The third-order valence-electron chi connectivity index (χ3n) is 1.52. The summed E-state index contributed by atoms with van der Waals surface area (Å²) in [4.78, 5) is 0. The molecular weight excluding hydrogens is 217 g/mol. The Balaban J connectivity index is 2.80. The first-order valence-corrected chi connectivity index (χ1v) is 4.45. The van der Waals surface area contributed by atoms with E-state index < -0.39 is 5.82 Å². The summed E-state index contributed by atoms with van der Waals surface area (Å²) in [6.07, 6.45) is 1.39. The molecule has 1 aromatic carbocycles. The minimum atomic E-state index is -0.397. The van der Waals surface area contributed by atoms with Gasteiger partial charge in [0, 0.05) is 11.6 Å². The number of rotatable bonds is 3. The van der Waals surface area contributed by atoms with E-state index >= 15 is 0 Å². The van der Waals surface area contributed by atoms with E-state index in [0.29, 0.717) is 11.3 Å². The minimum Gasteiger partial charge on any atom is -0.497 e. The zero-order chi connectivity index (χ0) is 11.3. The molecule has 4 nitrogen and oxygen atoms in total. The van der Waals surface area contributed by atoms with Gasteiger partial charge in [-0.25, -0.2) is 4.39 Å². The summed E-state index contributed by atoms with van der Waals surface area (Å²) in [5.41, 5.74) is 8.07. The maximum absolute atomic E-state index is 13.0. The average Bonchev–Trinajstić information content (AvgIpc) is 2.16. The lowest BCUT2D eigenvalue weighted by Gasteiger charge is -2.01. The van der Waals surface area contributed by atoms with Crippen LogP contribution in [0.15, 0.2) is 23.3 Å². The molecule has 0 aliphatic heterocycles. The predicted molar refractivity (Wildman–Crippen MR) is 60.5 cm³/mol. The Bertz CT molecular complexity index is 395. The van der Waals surface area contributed by atoms with Gasteiger partial charge in [0.1, 0.15) is 11.6 Å². The summed E-state index contributed by atoms with van der Waals surface area (Å²) in [5, 5.41) is 3.74. The largest absolute Gasteiger partial charge is 0.497 e. The molecule has 0 bridgehead atoms. The summed E-state index contributed by atoms with van der Waals surface area (Å²) < 4.78 is 17.9. The van der Waals surface area contributed by atoms with E-state index in [2.05, 4.69) is 22.7 Å². The van der Waals surface area contributed by atoms with Gasteiger partial charge in [-0.15, -0.1) is 0 Å². The lowest BCUT2D eigenvalue weighted by Crippen LogP contribution is -2.23. The van der Waals surface area contributed by atoms with Crippen molar-refractivity contribution in [1.29, 1.82) is 0 Å². The Morgan fingerprint density at radius 2 is 2.33 bits per heavy atom. The van der Waals surface area contributed by atoms with Crippen LogP contribution in [0.4, 0.5) is 4.39 Å². The zero-order valence-electron chi connectivity index (χ0n) is 8.03. The van der Waals surface area contributed by atoms with Crippen molar-refractivity contribution in [2.45, 2.75) is 0 Å². The Hall–Kier alpha value is -1.69. The van der Waals surface area contributed by atoms with E-state index in [9.17, 15) is 4.39 Å². The van der Waals surface area contributed by atoms with Crippen LogP contribution in [0.25, 0.3) is 0 Å². The summed E-state index contributed by atoms with van der Waals surface area (Å²) in [5.74, 6) is 0.0258. The quantitative estimate of drug-likeness (QED) is 0.459. The van der Waals surface area contributed by atoms with Gasteiger partial charge >= 0.3 is 0 Å². The second kappa shape index (κ2) is 5.26. The van der Waals surface area contributed by atoms with Crippen LogP contribution >= 0.6 is 12.2 Å². The number of methoxy groups -OCH3 is 1. The van der Waals surface area contributed by atoms with Gasteiger partial charge in [0.2, 0.25) is 0 Å². The van der Waals surface area contributed by atoms with Gasteiger partial charge in [-0.1, -0.05) is 0 Å². The van der Waals surface area contributed by atoms with Gasteiger partial charge in [-0.05, 0) is 24.4 Å². The molecule has 0 unspecified atom stereocenters. The van der Waals surface area contributed by atoms with Crippen molar-refractivity contribution in [3.63, 3.8) is 0 Å². The molecule has 0 fully saturated rings. The number of benzene rings is 1. The third-order valence-corrected chi connectivity index (χ3v) is 1.61. The van der Waals surface area contributed by atoms with E-state index in [1.165, 1.54) is 25.5 Å². The minimum absolute atomic E-state index is 0.0506. The molecule has 0 aliphatic rings. The van der Waals surface area contributed by atoms with Crippen LogP contribution in [0.5, 0.6) is 5.75 Å². The fourth-order valence-corrected chi connectivity index (χ4v) is 1.000. The average molecular weight is 227 g/mol. The van der Waals surface area contributed by atoms with Crippen LogP contribution < -0.4 is 15.9 Å². The van der Waals surface area contributed by atoms with Crippen molar-refractivity contribution in [2.75, 3.05) is 7.11 Å². The monoisotopic (exact) mass is 227 g/mol. The summed E-state index contributed by atoms with van der Waals surface area (Å²) in [6, 6.07) is 4.22. The Morgan fingerprint density at radius 3 is 2.93 bits per heavy atom. The number of nitrogens with zero attached hydrogens (tertiary/aromatic N) is 1. The standard InChI is InChI=1S/C9H10FN3OS/c1-14-8-3-6(2-7(10)4-8)5-12-13-9(11)15/h2-5H,1H3,(H3,11,13,15). The molecule has 6 heteroatoms. The summed E-state index contributed by atoms with van der Waals surface area (Å²) in [6.45, 7) is 0. The van der Waals surface area contributed by atoms with Gasteiger partial charge in [0.15, 0.2) is 5.11 Å². The highest BCUT2D eigenvalue weighted by Gasteiger charge is 1.98. The maximum atomic E-state index is 13.0. The van der Waals surface area contributed by atoms with E-state index in [1.807, 2.05) is 0 Å². The first kappa shape index (κ1) is 11.4. The lowest BCUT2D eigenvalue weighted by molar-refractivity contribution is 0.411. The van der Waals surface area contributed by atoms with Gasteiger partial charge in [0.25, 0.3) is 0 Å². The molecule has 0 saturated heterocycles. The van der Waals surface area contributed by atoms with E-state index in [-0.39, 0.29) is 5.11 Å². The van der Waals surface area contributed by atoms with Crippen LogP contribution in [0.3, 0.4) is 0 Å². The SMILES string of the molecule is COc1cc(F)cc(C=NNC(N)=S)c1. The molecule has 1 aromatic rings. The number of thiocarbonyl (C=S) groups is 1. The lowest BCUT2D eigenvalue weighted by atomic mass is 10.2. The van der Waals surface area contributed by atoms with Crippen LogP contribution in [0.1, 0.15) is 5.56 Å². The molecular formula is C9H10FN3OS. The van der Waals surface area contributed by atoms with E-state index in [1.54, 1.807) is 6.07 Å². The first-order valence-electron chi connectivity index (χ1n) is 4.05. The van der Waals surface area contributed by atoms with Gasteiger partial charge < -0.3 is 10.5 Å². The molecule has 0 amide bonds. The van der Waals surface area contributed by atoms with Crippen molar-refractivity contribution >= 4 is 23.5 Å². The summed E-state index contributed by atoms with van der Waals surface area (Å²) in [7, 11) is 1.46. The maximum Gasteiger partial charge on any atom is 0.184 e. The van der Waals surface area contributed by atoms with Gasteiger partial charge in [-0.2, -0.15) is 5.10 Å². The van der Waals surface area contributed by atoms with Crippen molar-refractivity contribution in [1.82, 2.24) is 5.43 Å². The van der Waals surface area contributed by atoms with Crippen molar-refractivity contribution < 1.29 is 9.13 Å². The number of hydrogen-bond acceptors (Lipinski definition) is 3. The van der Waals surface area contributed by atoms with Crippen LogP contribution in [-0.2, 0) is 0 Å². The number of hydrazone groups is 1. The van der Waals surface area contributed by atoms with Crippen LogP contribution in [0.2, 0.25) is 0 Å². The highest BCUT2D eigenvalue weighted by Crippen LogP contribution is 2.14. The smallest absolute Gasteiger partial charge is 0.184 e. The van der Waals surface area contributed by atoms with Crippen LogP contribution in [-0.4, -0.2) is 18.4 Å². The Labute approximate surface area is 91.9 Å². The molecule has 80 valence electrons. The Morgan fingerprint density at radius 1 is 1.60 bits per heavy atom. The molecule has 0 heterocycles. The van der Waals surface area contributed by atoms with Crippen molar-refractivity contribution in [2.24, 2.45) is 10.8 Å². The number of halogens is 1. The van der Waals surface area contributed by atoms with E-state index in [4.69, 9.17) is 10.5 Å². The predicted octanol–water partition coefficient (Wildman–Crippen LogP) is 1.00. The summed E-state index contributed by atoms with van der Waals surface area (Å²) >= 11 is 4.54. The third kappa shape index (κ3) is 3.90. The number of ether oxygens (including phenoxy) is 1. The molecule has 0 aromatic heterocycles. The van der Waals surface area contributed by atoms with Crippen molar-refractivity contribution in [3.8, 4) is 5.75 Å². The topological polar surface area (TPSA) is 59.6 Å². The molecule has 0 spiro atoms. The second-order valence-corrected chi connectivity index (χ2v) is 3.10. The normalized spacial score (nSPS) is 10.3. The fraction of sp³-hybridized carbons (Fsp3) is 0.111. The molecule has 0 saturated carbocycles. The van der Waals surface area contributed by atoms with Gasteiger partial charge in [0.05, 0.1) is 13.3 Å². The molecule has 15 heavy (non-hydrogen) atoms.